The predicted molar refractivity (Wildman–Crippen MR) is 184 cm³/mol. The lowest BCUT2D eigenvalue weighted by atomic mass is 9.86. The van der Waals surface area contributed by atoms with Gasteiger partial charge < -0.3 is 29.6 Å². The molecule has 3 aromatic rings. The van der Waals surface area contributed by atoms with Crippen molar-refractivity contribution < 1.29 is 28.5 Å². The van der Waals surface area contributed by atoms with Gasteiger partial charge in [0.05, 0.1) is 52.1 Å². The maximum atomic E-state index is 14.0. The zero-order valence-corrected chi connectivity index (χ0v) is 28.7. The molecule has 0 spiro atoms. The molecule has 0 saturated heterocycles. The van der Waals surface area contributed by atoms with Crippen LogP contribution in [0, 0.1) is 5.92 Å². The Bertz CT molecular complexity index is 1540. The molecule has 1 amide bonds. The van der Waals surface area contributed by atoms with Gasteiger partial charge >= 0.3 is 5.97 Å². The third kappa shape index (κ3) is 8.39. The van der Waals surface area contributed by atoms with Crippen LogP contribution in [0.4, 0.5) is 5.69 Å². The normalized spacial score (nSPS) is 19.3. The minimum atomic E-state index is -0.431. The summed E-state index contributed by atoms with van der Waals surface area (Å²) in [6.07, 6.45) is 4.47. The number of halogens is 1. The highest BCUT2D eigenvalue weighted by Gasteiger charge is 2.37. The number of esters is 1. The topological polar surface area (TPSA) is 98.4 Å². The quantitative estimate of drug-likeness (QED) is 0.208. The van der Waals surface area contributed by atoms with Crippen molar-refractivity contribution in [1.29, 1.82) is 0 Å². The van der Waals surface area contributed by atoms with Gasteiger partial charge in [0.2, 0.25) is 5.91 Å². The number of methoxy groups -OCH3 is 3. The van der Waals surface area contributed by atoms with Gasteiger partial charge in [-0.2, -0.15) is 0 Å². The molecule has 47 heavy (non-hydrogen) atoms. The second-order valence-electron chi connectivity index (χ2n) is 12.6. The third-order valence-corrected chi connectivity index (χ3v) is 9.26. The van der Waals surface area contributed by atoms with Crippen molar-refractivity contribution in [3.05, 3.63) is 81.9 Å². The van der Waals surface area contributed by atoms with Gasteiger partial charge in [0.25, 0.3) is 0 Å². The molecular formula is C37H46ClN3O6. The Morgan fingerprint density at radius 1 is 0.936 bits per heavy atom. The van der Waals surface area contributed by atoms with E-state index < -0.39 is 6.04 Å². The molecule has 0 radical (unpaired) electrons. The molecule has 0 aromatic heterocycles. The molecule has 10 heteroatoms. The summed E-state index contributed by atoms with van der Waals surface area (Å²) in [4.78, 5) is 27.3. The highest BCUT2D eigenvalue weighted by molar-refractivity contribution is 6.30. The van der Waals surface area contributed by atoms with Gasteiger partial charge in [-0.05, 0) is 111 Å². The largest absolute Gasteiger partial charge is 0.495 e. The first-order valence-electron chi connectivity index (χ1n) is 16.3. The molecule has 0 bridgehead atoms. The van der Waals surface area contributed by atoms with E-state index in [4.69, 9.17) is 30.5 Å². The van der Waals surface area contributed by atoms with E-state index in [0.717, 1.165) is 54.5 Å². The summed E-state index contributed by atoms with van der Waals surface area (Å²) in [5.74, 6) is 2.18. The Morgan fingerprint density at radius 3 is 2.32 bits per heavy atom. The average Bonchev–Trinajstić information content (AvgIpc) is 3.07. The highest BCUT2D eigenvalue weighted by Crippen LogP contribution is 2.46. The molecule has 252 valence electrons. The molecular weight excluding hydrogens is 618 g/mol. The lowest BCUT2D eigenvalue weighted by Crippen LogP contribution is -2.41. The molecule has 1 aliphatic carbocycles. The summed E-state index contributed by atoms with van der Waals surface area (Å²) in [5.41, 5.74) is 4.56. The second kappa shape index (κ2) is 15.9. The molecule has 3 aromatic carbocycles. The number of amides is 1. The molecule has 5 rings (SSSR count). The standard InChI is InChI=1S/C37H46ClN3O6/c1-23(2)47-34-19-30-27(17-33(34)45-4)18-35(42)41(37(30)26-9-11-28(38)12-10-26)31-15-8-25(16-32(31)44-3)21-39-20-24-6-13-29(14-7-24)40-22-36(43)46-5/h8-12,15-17,19,23-24,29,37,39-40H,6-7,13-14,18,20-22H2,1-5H3/t24?,29?,37-/m0/s1. The van der Waals surface area contributed by atoms with Gasteiger partial charge in [-0.15, -0.1) is 0 Å². The van der Waals surface area contributed by atoms with E-state index in [2.05, 4.69) is 16.7 Å². The number of ether oxygens (including phenoxy) is 4. The first kappa shape index (κ1) is 34.5. The van der Waals surface area contributed by atoms with Crippen LogP contribution in [0.5, 0.6) is 17.2 Å². The van der Waals surface area contributed by atoms with Gasteiger partial charge in [0.15, 0.2) is 11.5 Å². The van der Waals surface area contributed by atoms with Crippen LogP contribution in [0.25, 0.3) is 0 Å². The summed E-state index contributed by atoms with van der Waals surface area (Å²) in [5, 5.41) is 7.55. The van der Waals surface area contributed by atoms with Gasteiger partial charge in [-0.1, -0.05) is 29.8 Å². The minimum Gasteiger partial charge on any atom is -0.495 e. The van der Waals surface area contributed by atoms with Crippen LogP contribution in [-0.2, 0) is 27.3 Å². The number of benzene rings is 3. The smallest absolute Gasteiger partial charge is 0.319 e. The van der Waals surface area contributed by atoms with Crippen molar-refractivity contribution in [1.82, 2.24) is 10.6 Å². The fraction of sp³-hybridized carbons (Fsp3) is 0.459. The van der Waals surface area contributed by atoms with Gasteiger partial charge in [-0.25, -0.2) is 0 Å². The number of hydrogen-bond donors (Lipinski definition) is 2. The number of nitrogens with zero attached hydrogens (tertiary/aromatic N) is 1. The van der Waals surface area contributed by atoms with Crippen LogP contribution in [0.1, 0.15) is 67.8 Å². The average molecular weight is 664 g/mol. The van der Waals surface area contributed by atoms with Crippen LogP contribution < -0.4 is 29.7 Å². The number of fused-ring (bicyclic) bond motifs is 1. The Balaban J connectivity index is 1.35. The Hall–Kier alpha value is -3.79. The predicted octanol–water partition coefficient (Wildman–Crippen LogP) is 6.23. The molecule has 0 unspecified atom stereocenters. The number of anilines is 1. The van der Waals surface area contributed by atoms with Crippen molar-refractivity contribution in [2.24, 2.45) is 5.92 Å². The fourth-order valence-electron chi connectivity index (χ4n) is 6.63. The number of nitrogens with one attached hydrogen (secondary N) is 2. The van der Waals surface area contributed by atoms with Crippen molar-refractivity contribution in [2.75, 3.05) is 39.3 Å². The molecule has 1 saturated carbocycles. The second-order valence-corrected chi connectivity index (χ2v) is 13.0. The molecule has 1 atom stereocenters. The van der Waals surface area contributed by atoms with E-state index in [-0.39, 0.29) is 30.9 Å². The SMILES string of the molecule is COC(=O)CNC1CCC(CNCc2ccc(N3C(=O)Cc4cc(OC)c(OC(C)C)cc4[C@@H]3c3ccc(Cl)cc3)c(OC)c2)CC1. The number of carbonyl (C=O) groups is 2. The Morgan fingerprint density at radius 2 is 1.66 bits per heavy atom. The molecule has 1 aliphatic heterocycles. The van der Waals surface area contributed by atoms with E-state index in [0.29, 0.717) is 46.5 Å². The molecule has 9 nitrogen and oxygen atoms in total. The number of carbonyl (C=O) groups excluding carboxylic acids is 2. The zero-order valence-electron chi connectivity index (χ0n) is 27.9. The van der Waals surface area contributed by atoms with Crippen molar-refractivity contribution in [2.45, 2.75) is 70.7 Å². The fourth-order valence-corrected chi connectivity index (χ4v) is 6.76. The van der Waals surface area contributed by atoms with Crippen LogP contribution in [0.2, 0.25) is 5.02 Å². The lowest BCUT2D eigenvalue weighted by Gasteiger charge is -2.38. The third-order valence-electron chi connectivity index (χ3n) is 9.01. The minimum absolute atomic E-state index is 0.0436. The summed E-state index contributed by atoms with van der Waals surface area (Å²) in [6, 6.07) is 17.5. The monoisotopic (exact) mass is 663 g/mol. The van der Waals surface area contributed by atoms with Crippen LogP contribution >= 0.6 is 11.6 Å². The molecule has 2 aliphatic rings. The number of hydrogen-bond acceptors (Lipinski definition) is 8. The van der Waals surface area contributed by atoms with E-state index in [9.17, 15) is 9.59 Å². The first-order chi connectivity index (χ1) is 22.7. The molecule has 2 N–H and O–H groups in total. The first-order valence-corrected chi connectivity index (χ1v) is 16.7. The van der Waals surface area contributed by atoms with Gasteiger partial charge in [0.1, 0.15) is 5.75 Å². The van der Waals surface area contributed by atoms with E-state index in [1.165, 1.54) is 7.11 Å². The van der Waals surface area contributed by atoms with E-state index >= 15 is 0 Å². The van der Waals surface area contributed by atoms with Gasteiger partial charge in [0, 0.05) is 17.6 Å². The summed E-state index contributed by atoms with van der Waals surface area (Å²) in [7, 11) is 4.67. The van der Waals surface area contributed by atoms with E-state index in [1.54, 1.807) is 14.2 Å². The van der Waals surface area contributed by atoms with E-state index in [1.807, 2.05) is 67.3 Å². The zero-order chi connectivity index (χ0) is 33.5. The van der Waals surface area contributed by atoms with Crippen molar-refractivity contribution >= 4 is 29.2 Å². The summed E-state index contributed by atoms with van der Waals surface area (Å²) >= 11 is 6.28. The molecule has 1 fully saturated rings. The van der Waals surface area contributed by atoms with Crippen LogP contribution in [0.15, 0.2) is 54.6 Å². The Kier molecular flexibility index (Phi) is 11.7. The van der Waals surface area contributed by atoms with Crippen LogP contribution in [-0.4, -0.2) is 58.4 Å². The van der Waals surface area contributed by atoms with Crippen LogP contribution in [0.3, 0.4) is 0 Å². The van der Waals surface area contributed by atoms with Crippen molar-refractivity contribution in [3.63, 3.8) is 0 Å². The Labute approximate surface area is 282 Å². The summed E-state index contributed by atoms with van der Waals surface area (Å²) in [6.45, 7) is 5.82. The maximum Gasteiger partial charge on any atom is 0.319 e. The maximum absolute atomic E-state index is 14.0. The van der Waals surface area contributed by atoms with Crippen molar-refractivity contribution in [3.8, 4) is 17.2 Å². The highest BCUT2D eigenvalue weighted by atomic mass is 35.5. The summed E-state index contributed by atoms with van der Waals surface area (Å²) < 4.78 is 22.4. The number of rotatable bonds is 13. The van der Waals surface area contributed by atoms with Gasteiger partial charge in [-0.3, -0.25) is 14.5 Å². The lowest BCUT2D eigenvalue weighted by molar-refractivity contribution is -0.139. The molecule has 1 heterocycles.